The number of carbonyl (C=O) groups is 3. The number of hydrogen-bond donors (Lipinski definition) is 2. The first-order chi connectivity index (χ1) is 4.74. The van der Waals surface area contributed by atoms with E-state index >= 15 is 0 Å². The molecular formula is C5H6N2O3. The van der Waals surface area contributed by atoms with Gasteiger partial charge < -0.3 is 10.1 Å². The zero-order valence-corrected chi connectivity index (χ0v) is 5.09. The van der Waals surface area contributed by atoms with Crippen LogP contribution in [0.3, 0.4) is 0 Å². The normalized spacial score (nSPS) is 23.8. The third-order valence-corrected chi connectivity index (χ3v) is 1.19. The van der Waals surface area contributed by atoms with Crippen molar-refractivity contribution in [2.45, 2.75) is 12.5 Å². The lowest BCUT2D eigenvalue weighted by Gasteiger charge is -1.97. The van der Waals surface area contributed by atoms with Crippen LogP contribution in [0.25, 0.3) is 0 Å². The summed E-state index contributed by atoms with van der Waals surface area (Å²) in [4.78, 5) is 30.9. The average Bonchev–Trinajstić information content (AvgIpc) is 2.13. The van der Waals surface area contributed by atoms with Gasteiger partial charge in [-0.25, -0.2) is 4.79 Å². The fourth-order valence-electron chi connectivity index (χ4n) is 0.721. The van der Waals surface area contributed by atoms with E-state index in [-0.39, 0.29) is 6.42 Å². The van der Waals surface area contributed by atoms with Crippen molar-refractivity contribution in [1.29, 1.82) is 0 Å². The van der Waals surface area contributed by atoms with Crippen LogP contribution in [0.15, 0.2) is 0 Å². The number of urea groups is 1. The Morgan fingerprint density at radius 1 is 1.50 bits per heavy atom. The molecule has 54 valence electrons. The van der Waals surface area contributed by atoms with E-state index in [0.717, 1.165) is 0 Å². The second-order valence-corrected chi connectivity index (χ2v) is 1.92. The summed E-state index contributed by atoms with van der Waals surface area (Å²) in [6.07, 6.45) is 0.632. The first kappa shape index (κ1) is 6.73. The Labute approximate surface area is 56.8 Å². The molecule has 1 fully saturated rings. The largest absolute Gasteiger partial charge is 0.326 e. The lowest BCUT2D eigenvalue weighted by atomic mass is 10.2. The van der Waals surface area contributed by atoms with E-state index in [1.54, 1.807) is 0 Å². The van der Waals surface area contributed by atoms with E-state index in [0.29, 0.717) is 6.29 Å². The van der Waals surface area contributed by atoms with Gasteiger partial charge in [0.1, 0.15) is 12.3 Å². The fourth-order valence-corrected chi connectivity index (χ4v) is 0.721. The lowest BCUT2D eigenvalue weighted by molar-refractivity contribution is -0.121. The Bertz CT molecular complexity index is 189. The molecule has 1 rings (SSSR count). The number of carbonyl (C=O) groups excluding carboxylic acids is 3. The summed E-state index contributed by atoms with van der Waals surface area (Å²) in [7, 11) is 0. The van der Waals surface area contributed by atoms with E-state index in [1.165, 1.54) is 0 Å². The second kappa shape index (κ2) is 2.47. The summed E-state index contributed by atoms with van der Waals surface area (Å²) >= 11 is 0. The molecule has 1 aliphatic heterocycles. The van der Waals surface area contributed by atoms with Gasteiger partial charge in [-0.15, -0.1) is 0 Å². The minimum atomic E-state index is -0.662. The minimum absolute atomic E-state index is 0.0393. The van der Waals surface area contributed by atoms with Gasteiger partial charge in [-0.2, -0.15) is 0 Å². The van der Waals surface area contributed by atoms with Gasteiger partial charge in [-0.3, -0.25) is 10.1 Å². The molecule has 1 heterocycles. The molecule has 3 amide bonds. The number of imide groups is 1. The van der Waals surface area contributed by atoms with E-state index < -0.39 is 18.0 Å². The van der Waals surface area contributed by atoms with Crippen LogP contribution < -0.4 is 10.6 Å². The topological polar surface area (TPSA) is 75.3 Å². The lowest BCUT2D eigenvalue weighted by Crippen LogP contribution is -2.28. The van der Waals surface area contributed by atoms with Crippen molar-refractivity contribution in [3.8, 4) is 0 Å². The summed E-state index contributed by atoms with van der Waals surface area (Å²) in [6, 6.07) is -1.19. The van der Waals surface area contributed by atoms with Gasteiger partial charge in [-0.05, 0) is 0 Å². The van der Waals surface area contributed by atoms with E-state index in [1.807, 2.05) is 5.32 Å². The summed E-state index contributed by atoms with van der Waals surface area (Å²) in [5.74, 6) is -0.433. The molecule has 0 radical (unpaired) electrons. The van der Waals surface area contributed by atoms with Crippen molar-refractivity contribution in [3.05, 3.63) is 0 Å². The van der Waals surface area contributed by atoms with Gasteiger partial charge in [0.05, 0.1) is 0 Å². The van der Waals surface area contributed by atoms with E-state index in [2.05, 4.69) is 5.32 Å². The first-order valence-corrected chi connectivity index (χ1v) is 2.79. The highest BCUT2D eigenvalue weighted by molar-refractivity contribution is 6.04. The fraction of sp³-hybridized carbons (Fsp3) is 0.400. The number of amides is 3. The van der Waals surface area contributed by atoms with Crippen LogP contribution >= 0.6 is 0 Å². The highest BCUT2D eigenvalue weighted by Crippen LogP contribution is 1.94. The molecule has 1 aliphatic rings. The van der Waals surface area contributed by atoms with Crippen molar-refractivity contribution in [2.75, 3.05) is 0 Å². The van der Waals surface area contributed by atoms with Crippen LogP contribution in [0, 0.1) is 0 Å². The molecule has 0 aromatic carbocycles. The van der Waals surface area contributed by atoms with Crippen LogP contribution in [0.4, 0.5) is 4.79 Å². The van der Waals surface area contributed by atoms with Crippen LogP contribution in [0.2, 0.25) is 0 Å². The molecule has 2 N–H and O–H groups in total. The molecule has 0 saturated carbocycles. The molecule has 1 atom stereocenters. The molecule has 0 aliphatic carbocycles. The monoisotopic (exact) mass is 142 g/mol. The maximum Gasteiger partial charge on any atom is 0.322 e. The van der Waals surface area contributed by atoms with Gasteiger partial charge >= 0.3 is 6.03 Å². The van der Waals surface area contributed by atoms with Crippen molar-refractivity contribution in [3.63, 3.8) is 0 Å². The van der Waals surface area contributed by atoms with Crippen LogP contribution in [-0.4, -0.2) is 24.3 Å². The predicted molar refractivity (Wildman–Crippen MR) is 31.1 cm³/mol. The van der Waals surface area contributed by atoms with Crippen LogP contribution in [-0.2, 0) is 9.59 Å². The summed E-state index contributed by atoms with van der Waals surface area (Å²) < 4.78 is 0. The zero-order valence-electron chi connectivity index (χ0n) is 5.09. The maximum atomic E-state index is 10.6. The molecule has 0 bridgehead atoms. The third-order valence-electron chi connectivity index (χ3n) is 1.19. The Kier molecular flexibility index (Phi) is 1.66. The molecule has 0 unspecified atom stereocenters. The molecule has 5 heteroatoms. The van der Waals surface area contributed by atoms with Crippen LogP contribution in [0.1, 0.15) is 6.42 Å². The number of hydrogen-bond acceptors (Lipinski definition) is 3. The third kappa shape index (κ3) is 1.12. The van der Waals surface area contributed by atoms with Gasteiger partial charge in [0.25, 0.3) is 5.91 Å². The van der Waals surface area contributed by atoms with Gasteiger partial charge in [-0.1, -0.05) is 0 Å². The Morgan fingerprint density at radius 3 is 2.60 bits per heavy atom. The number of nitrogens with one attached hydrogen (secondary N) is 2. The predicted octanol–water partition coefficient (Wildman–Crippen LogP) is -1.22. The highest BCUT2D eigenvalue weighted by atomic mass is 16.2. The molecule has 0 aromatic heterocycles. The van der Waals surface area contributed by atoms with Crippen LogP contribution in [0.5, 0.6) is 0 Å². The molecular weight excluding hydrogens is 136 g/mol. The second-order valence-electron chi connectivity index (χ2n) is 1.92. The summed E-state index contributed by atoms with van der Waals surface area (Å²) in [6.45, 7) is 0. The van der Waals surface area contributed by atoms with Crippen molar-refractivity contribution in [1.82, 2.24) is 10.6 Å². The van der Waals surface area contributed by atoms with Gasteiger partial charge in [0.2, 0.25) is 0 Å². The summed E-state index contributed by atoms with van der Waals surface area (Å²) in [5, 5.41) is 4.28. The zero-order chi connectivity index (χ0) is 7.56. The standard InChI is InChI=1S/C5H6N2O3/c8-2-1-3-4(9)7-5(10)6-3/h2-3H,1H2,(H2,6,7,9,10)/t3-/m1/s1. The Balaban J connectivity index is 2.54. The van der Waals surface area contributed by atoms with Gasteiger partial charge in [0.15, 0.2) is 0 Å². The molecule has 0 spiro atoms. The number of aldehydes is 1. The maximum absolute atomic E-state index is 10.6. The van der Waals surface area contributed by atoms with Gasteiger partial charge in [0, 0.05) is 6.42 Å². The molecule has 5 nitrogen and oxygen atoms in total. The first-order valence-electron chi connectivity index (χ1n) is 2.79. The Hall–Kier alpha value is -1.39. The molecule has 0 aromatic rings. The van der Waals surface area contributed by atoms with E-state index in [4.69, 9.17) is 0 Å². The Morgan fingerprint density at radius 2 is 2.20 bits per heavy atom. The van der Waals surface area contributed by atoms with Crippen molar-refractivity contribution >= 4 is 18.2 Å². The minimum Gasteiger partial charge on any atom is -0.326 e. The SMILES string of the molecule is O=CC[C@H]1NC(=O)NC1=O. The summed E-state index contributed by atoms with van der Waals surface area (Å²) in [5.41, 5.74) is 0. The highest BCUT2D eigenvalue weighted by Gasteiger charge is 2.28. The van der Waals surface area contributed by atoms with Crippen molar-refractivity contribution in [2.24, 2.45) is 0 Å². The quantitative estimate of drug-likeness (QED) is 0.375. The molecule has 10 heavy (non-hydrogen) atoms. The average molecular weight is 142 g/mol. The van der Waals surface area contributed by atoms with E-state index in [9.17, 15) is 14.4 Å². The number of rotatable bonds is 2. The molecule has 1 saturated heterocycles. The smallest absolute Gasteiger partial charge is 0.322 e. The van der Waals surface area contributed by atoms with Crippen molar-refractivity contribution < 1.29 is 14.4 Å².